The van der Waals surface area contributed by atoms with Crippen molar-refractivity contribution in [2.24, 2.45) is 0 Å². The van der Waals surface area contributed by atoms with Gasteiger partial charge < -0.3 is 15.4 Å². The van der Waals surface area contributed by atoms with E-state index >= 15 is 0 Å². The Kier molecular flexibility index (Phi) is 4.29. The molecule has 2 N–H and O–H groups in total. The summed E-state index contributed by atoms with van der Waals surface area (Å²) in [7, 11) is 3.45. The second-order valence-corrected chi connectivity index (χ2v) is 5.46. The van der Waals surface area contributed by atoms with Gasteiger partial charge in [0, 0.05) is 25.0 Å². The first kappa shape index (κ1) is 14.4. The molecule has 0 aliphatic rings. The van der Waals surface area contributed by atoms with Gasteiger partial charge >= 0.3 is 0 Å². The minimum Gasteiger partial charge on any atom is -0.494 e. The number of ether oxygens (including phenoxy) is 1. The van der Waals surface area contributed by atoms with E-state index in [9.17, 15) is 4.79 Å². The molecule has 4 nitrogen and oxygen atoms in total. The Morgan fingerprint density at radius 1 is 1.30 bits per heavy atom. The summed E-state index contributed by atoms with van der Waals surface area (Å²) < 4.78 is 5.42. The van der Waals surface area contributed by atoms with Crippen LogP contribution in [0.5, 0.6) is 5.75 Å². The molecular weight excluding hydrogens is 272 g/mol. The first-order valence-corrected chi connectivity index (χ1v) is 7.24. The third kappa shape index (κ3) is 2.77. The van der Waals surface area contributed by atoms with Crippen LogP contribution in [0.25, 0.3) is 11.1 Å². The molecule has 0 aliphatic heterocycles. The lowest BCUT2D eigenvalue weighted by Gasteiger charge is -2.12. The summed E-state index contributed by atoms with van der Waals surface area (Å²) in [5.74, 6) is 0.743. The van der Waals surface area contributed by atoms with E-state index in [-0.39, 0.29) is 5.91 Å². The average Bonchev–Trinajstić information content (AvgIpc) is 2.81. The largest absolute Gasteiger partial charge is 0.494 e. The molecule has 106 valence electrons. The average molecular weight is 290 g/mol. The number of nitrogen functional groups attached to an aromatic ring is 1. The van der Waals surface area contributed by atoms with Crippen molar-refractivity contribution in [3.05, 3.63) is 35.2 Å². The van der Waals surface area contributed by atoms with Gasteiger partial charge in [-0.2, -0.15) is 0 Å². The molecule has 0 saturated heterocycles. The molecule has 0 fully saturated rings. The highest BCUT2D eigenvalue weighted by Gasteiger charge is 2.19. The van der Waals surface area contributed by atoms with Gasteiger partial charge in [0.15, 0.2) is 0 Å². The highest BCUT2D eigenvalue weighted by Crippen LogP contribution is 2.34. The quantitative estimate of drug-likeness (QED) is 0.941. The molecule has 5 heteroatoms. The highest BCUT2D eigenvalue weighted by atomic mass is 32.1. The van der Waals surface area contributed by atoms with Crippen LogP contribution in [-0.2, 0) is 0 Å². The van der Waals surface area contributed by atoms with Crippen LogP contribution in [-0.4, -0.2) is 31.5 Å². The molecule has 2 aromatic rings. The summed E-state index contributed by atoms with van der Waals surface area (Å²) in [4.78, 5) is 13.8. The standard InChI is InChI=1S/C15H18N2O2S/c1-4-19-11-7-5-10(6-8-11)12-9-20-14(16)13(12)15(18)17(2)3/h5-9H,4,16H2,1-3H3. The van der Waals surface area contributed by atoms with Crippen LogP contribution in [0.2, 0.25) is 0 Å². The number of anilines is 1. The molecule has 0 aliphatic carbocycles. The van der Waals surface area contributed by atoms with Gasteiger partial charge in [-0.3, -0.25) is 4.79 Å². The first-order chi connectivity index (χ1) is 9.54. The summed E-state index contributed by atoms with van der Waals surface area (Å²) in [5, 5.41) is 2.47. The van der Waals surface area contributed by atoms with E-state index in [1.807, 2.05) is 36.6 Å². The Hall–Kier alpha value is -2.01. The minimum absolute atomic E-state index is 0.0763. The first-order valence-electron chi connectivity index (χ1n) is 6.36. The number of hydrogen-bond donors (Lipinski definition) is 1. The van der Waals surface area contributed by atoms with Crippen molar-refractivity contribution in [3.63, 3.8) is 0 Å². The van der Waals surface area contributed by atoms with Gasteiger partial charge in [0.1, 0.15) is 5.75 Å². The van der Waals surface area contributed by atoms with Crippen LogP contribution in [0.1, 0.15) is 17.3 Å². The molecule has 20 heavy (non-hydrogen) atoms. The van der Waals surface area contributed by atoms with Crippen molar-refractivity contribution in [1.82, 2.24) is 4.90 Å². The molecule has 1 heterocycles. The number of hydrogen-bond acceptors (Lipinski definition) is 4. The fraction of sp³-hybridized carbons (Fsp3) is 0.267. The summed E-state index contributed by atoms with van der Waals surface area (Å²) >= 11 is 1.39. The monoisotopic (exact) mass is 290 g/mol. The van der Waals surface area contributed by atoms with Crippen LogP contribution < -0.4 is 10.5 Å². The van der Waals surface area contributed by atoms with E-state index in [1.165, 1.54) is 16.2 Å². The second kappa shape index (κ2) is 5.96. The van der Waals surface area contributed by atoms with Gasteiger partial charge in [-0.25, -0.2) is 0 Å². The fourth-order valence-corrected chi connectivity index (χ4v) is 2.74. The smallest absolute Gasteiger partial charge is 0.256 e. The number of nitrogens with two attached hydrogens (primary N) is 1. The van der Waals surface area contributed by atoms with E-state index in [0.717, 1.165) is 16.9 Å². The minimum atomic E-state index is -0.0763. The maximum absolute atomic E-state index is 12.2. The third-order valence-corrected chi connectivity index (χ3v) is 3.73. The Balaban J connectivity index is 2.40. The lowest BCUT2D eigenvalue weighted by molar-refractivity contribution is 0.0830. The van der Waals surface area contributed by atoms with Crippen LogP contribution in [0, 0.1) is 0 Å². The molecule has 1 aromatic carbocycles. The van der Waals surface area contributed by atoms with Gasteiger partial charge in [0.05, 0.1) is 17.2 Å². The van der Waals surface area contributed by atoms with E-state index in [4.69, 9.17) is 10.5 Å². The predicted molar refractivity (Wildman–Crippen MR) is 83.4 cm³/mol. The van der Waals surface area contributed by atoms with Gasteiger partial charge in [0.2, 0.25) is 0 Å². The Labute approximate surface area is 122 Å². The Bertz CT molecular complexity index is 603. The SMILES string of the molecule is CCOc1ccc(-c2csc(N)c2C(=O)N(C)C)cc1. The van der Waals surface area contributed by atoms with Crippen molar-refractivity contribution in [3.8, 4) is 16.9 Å². The molecule has 0 radical (unpaired) electrons. The summed E-state index contributed by atoms with van der Waals surface area (Å²) in [5.41, 5.74) is 8.35. The topological polar surface area (TPSA) is 55.6 Å². The molecule has 2 rings (SSSR count). The third-order valence-electron chi connectivity index (χ3n) is 2.92. The van der Waals surface area contributed by atoms with Gasteiger partial charge in [-0.15, -0.1) is 11.3 Å². The predicted octanol–water partition coefficient (Wildman–Crippen LogP) is 3.10. The number of carbonyl (C=O) groups is 1. The van der Waals surface area contributed by atoms with Crippen molar-refractivity contribution >= 4 is 22.2 Å². The lowest BCUT2D eigenvalue weighted by atomic mass is 10.0. The molecular formula is C15H18N2O2S. The summed E-state index contributed by atoms with van der Waals surface area (Å²) in [6.45, 7) is 2.58. The van der Waals surface area contributed by atoms with Gasteiger partial charge in [-0.1, -0.05) is 12.1 Å². The van der Waals surface area contributed by atoms with Gasteiger partial charge in [-0.05, 0) is 24.6 Å². The second-order valence-electron chi connectivity index (χ2n) is 4.55. The molecule has 0 atom stereocenters. The number of benzene rings is 1. The van der Waals surface area contributed by atoms with E-state index in [1.54, 1.807) is 14.1 Å². The lowest BCUT2D eigenvalue weighted by Crippen LogP contribution is -2.22. The van der Waals surface area contributed by atoms with E-state index in [0.29, 0.717) is 17.2 Å². The van der Waals surface area contributed by atoms with Crippen LogP contribution in [0.4, 0.5) is 5.00 Å². The van der Waals surface area contributed by atoms with Crippen LogP contribution in [0.15, 0.2) is 29.6 Å². The maximum Gasteiger partial charge on any atom is 0.256 e. The highest BCUT2D eigenvalue weighted by molar-refractivity contribution is 7.15. The van der Waals surface area contributed by atoms with Crippen molar-refractivity contribution in [2.45, 2.75) is 6.92 Å². The molecule has 0 saturated carbocycles. The van der Waals surface area contributed by atoms with Crippen molar-refractivity contribution in [2.75, 3.05) is 26.4 Å². The summed E-state index contributed by atoms with van der Waals surface area (Å²) in [6.07, 6.45) is 0. The number of rotatable bonds is 4. The molecule has 0 spiro atoms. The summed E-state index contributed by atoms with van der Waals surface area (Å²) in [6, 6.07) is 7.69. The maximum atomic E-state index is 12.2. The number of nitrogens with zero attached hydrogens (tertiary/aromatic N) is 1. The normalized spacial score (nSPS) is 10.3. The van der Waals surface area contributed by atoms with E-state index < -0.39 is 0 Å². The zero-order valence-electron chi connectivity index (χ0n) is 11.8. The Morgan fingerprint density at radius 2 is 1.95 bits per heavy atom. The Morgan fingerprint density at radius 3 is 2.50 bits per heavy atom. The van der Waals surface area contributed by atoms with Crippen molar-refractivity contribution in [1.29, 1.82) is 0 Å². The van der Waals surface area contributed by atoms with Crippen LogP contribution in [0.3, 0.4) is 0 Å². The van der Waals surface area contributed by atoms with Crippen molar-refractivity contribution < 1.29 is 9.53 Å². The van der Waals surface area contributed by atoms with Crippen LogP contribution >= 0.6 is 11.3 Å². The molecule has 1 aromatic heterocycles. The number of carbonyl (C=O) groups excluding carboxylic acids is 1. The fourth-order valence-electron chi connectivity index (χ4n) is 1.93. The molecule has 0 unspecified atom stereocenters. The molecule has 1 amide bonds. The zero-order valence-corrected chi connectivity index (χ0v) is 12.7. The van der Waals surface area contributed by atoms with Gasteiger partial charge in [0.25, 0.3) is 5.91 Å². The van der Waals surface area contributed by atoms with E-state index in [2.05, 4.69) is 0 Å². The zero-order chi connectivity index (χ0) is 14.7. The number of amides is 1. The number of thiophene rings is 1. The molecule has 0 bridgehead atoms.